The summed E-state index contributed by atoms with van der Waals surface area (Å²) in [6, 6.07) is 17.4. The molecule has 4 heterocycles. The fourth-order valence-electron chi connectivity index (χ4n) is 5.24. The van der Waals surface area contributed by atoms with Crippen LogP contribution < -0.4 is 9.47 Å². The lowest BCUT2D eigenvalue weighted by atomic mass is 9.99. The van der Waals surface area contributed by atoms with E-state index >= 15 is 0 Å². The lowest BCUT2D eigenvalue weighted by Crippen LogP contribution is -2.15. The molecular weight excluding hydrogens is 518 g/mol. The molecule has 0 radical (unpaired) electrons. The van der Waals surface area contributed by atoms with E-state index < -0.39 is 5.60 Å². The van der Waals surface area contributed by atoms with Crippen LogP contribution >= 0.6 is 0 Å². The summed E-state index contributed by atoms with van der Waals surface area (Å²) in [5.74, 6) is 1.98. The van der Waals surface area contributed by atoms with Crippen molar-refractivity contribution in [3.63, 3.8) is 0 Å². The summed E-state index contributed by atoms with van der Waals surface area (Å²) >= 11 is 0. The summed E-state index contributed by atoms with van der Waals surface area (Å²) in [6.07, 6.45) is 3.53. The molecule has 6 aromatic rings. The van der Waals surface area contributed by atoms with Crippen molar-refractivity contribution >= 4 is 21.9 Å². The SMILES string of the molecule is COc1cc2c(cc1-c1c(C)noc1C)ncc1nc(Oc3ccc(C(C)(C)O)cc3)n([C@H](C)c3ccccn3)c12. The van der Waals surface area contributed by atoms with Gasteiger partial charge in [-0.2, -0.15) is 4.98 Å². The number of ether oxygens (including phenoxy) is 2. The number of aryl methyl sites for hydroxylation is 2. The van der Waals surface area contributed by atoms with Gasteiger partial charge >= 0.3 is 6.01 Å². The molecule has 0 aliphatic heterocycles. The Hall–Kier alpha value is -4.76. The van der Waals surface area contributed by atoms with Gasteiger partial charge in [0.2, 0.25) is 0 Å². The van der Waals surface area contributed by atoms with Gasteiger partial charge in [-0.3, -0.25) is 14.5 Å². The molecule has 0 aliphatic rings. The molecule has 1 N–H and O–H groups in total. The normalized spacial score (nSPS) is 12.7. The molecule has 0 saturated heterocycles. The smallest absolute Gasteiger partial charge is 0.303 e. The average Bonchev–Trinajstić information content (AvgIpc) is 3.50. The number of rotatable bonds is 7. The highest BCUT2D eigenvalue weighted by Gasteiger charge is 2.25. The van der Waals surface area contributed by atoms with Gasteiger partial charge in [0.25, 0.3) is 0 Å². The van der Waals surface area contributed by atoms with Crippen molar-refractivity contribution in [2.75, 3.05) is 7.11 Å². The standard InChI is InChI=1S/C32H31N5O4/c1-18-29(20(3)41-36-18)24-15-26-23(16-28(24)39-6)30-27(17-34-26)35-31(37(30)19(2)25-9-7-8-14-33-25)40-22-12-10-21(11-13-22)32(4,5)38/h7-17,19,38H,1-6H3/t19-/m1/s1. The van der Waals surface area contributed by atoms with Gasteiger partial charge in [0, 0.05) is 17.1 Å². The molecule has 0 amide bonds. The summed E-state index contributed by atoms with van der Waals surface area (Å²) in [6.45, 7) is 9.36. The van der Waals surface area contributed by atoms with Crippen molar-refractivity contribution in [1.82, 2.24) is 24.7 Å². The number of nitrogens with zero attached hydrogens (tertiary/aromatic N) is 5. The fraction of sp³-hybridized carbons (Fsp3) is 0.250. The van der Waals surface area contributed by atoms with Gasteiger partial charge in [0.1, 0.15) is 22.8 Å². The highest BCUT2D eigenvalue weighted by atomic mass is 16.5. The van der Waals surface area contributed by atoms with Crippen LogP contribution in [0.1, 0.15) is 49.5 Å². The Morgan fingerprint density at radius 1 is 1.00 bits per heavy atom. The molecule has 208 valence electrons. The molecule has 0 aliphatic carbocycles. The van der Waals surface area contributed by atoms with Gasteiger partial charge < -0.3 is 19.1 Å². The number of aliphatic hydroxyl groups is 1. The first-order valence-electron chi connectivity index (χ1n) is 13.4. The van der Waals surface area contributed by atoms with Crippen LogP contribution in [-0.2, 0) is 5.60 Å². The molecule has 6 rings (SSSR count). The van der Waals surface area contributed by atoms with E-state index in [1.165, 1.54) is 0 Å². The van der Waals surface area contributed by atoms with E-state index in [1.807, 2.05) is 73.0 Å². The molecule has 0 saturated carbocycles. The molecule has 0 bridgehead atoms. The van der Waals surface area contributed by atoms with Crippen molar-refractivity contribution < 1.29 is 19.1 Å². The topological polar surface area (TPSA) is 108 Å². The summed E-state index contributed by atoms with van der Waals surface area (Å²) < 4.78 is 19.7. The Kier molecular flexibility index (Phi) is 6.46. The summed E-state index contributed by atoms with van der Waals surface area (Å²) in [4.78, 5) is 14.3. The van der Waals surface area contributed by atoms with Crippen molar-refractivity contribution in [2.45, 2.75) is 46.3 Å². The number of hydrogen-bond donors (Lipinski definition) is 1. The van der Waals surface area contributed by atoms with Crippen molar-refractivity contribution in [3.05, 3.63) is 89.7 Å². The third-order valence-corrected chi connectivity index (χ3v) is 7.38. The minimum atomic E-state index is -0.953. The third kappa shape index (κ3) is 4.68. The predicted octanol–water partition coefficient (Wildman–Crippen LogP) is 6.89. The zero-order valence-corrected chi connectivity index (χ0v) is 23.8. The van der Waals surface area contributed by atoms with Gasteiger partial charge in [-0.15, -0.1) is 0 Å². The van der Waals surface area contributed by atoms with Gasteiger partial charge in [-0.1, -0.05) is 23.4 Å². The quantitative estimate of drug-likeness (QED) is 0.229. The van der Waals surface area contributed by atoms with E-state index in [0.717, 1.165) is 44.5 Å². The highest BCUT2D eigenvalue weighted by Crippen LogP contribution is 2.41. The Morgan fingerprint density at radius 2 is 1.78 bits per heavy atom. The molecule has 9 heteroatoms. The number of hydrogen-bond acceptors (Lipinski definition) is 8. The second-order valence-corrected chi connectivity index (χ2v) is 10.6. The Labute approximate surface area is 237 Å². The molecule has 0 unspecified atom stereocenters. The third-order valence-electron chi connectivity index (χ3n) is 7.38. The van der Waals surface area contributed by atoms with Gasteiger partial charge in [-0.25, -0.2) is 0 Å². The number of aromatic nitrogens is 5. The van der Waals surface area contributed by atoms with Crippen LogP contribution in [0.5, 0.6) is 17.5 Å². The van der Waals surface area contributed by atoms with Crippen LogP contribution in [0, 0.1) is 13.8 Å². The first-order chi connectivity index (χ1) is 19.7. The van der Waals surface area contributed by atoms with E-state index in [-0.39, 0.29) is 6.04 Å². The zero-order valence-electron chi connectivity index (χ0n) is 23.8. The summed E-state index contributed by atoms with van der Waals surface area (Å²) in [5.41, 5.74) is 5.51. The molecule has 41 heavy (non-hydrogen) atoms. The molecule has 9 nitrogen and oxygen atoms in total. The lowest BCUT2D eigenvalue weighted by molar-refractivity contribution is 0.0785. The second-order valence-electron chi connectivity index (χ2n) is 10.6. The number of methoxy groups -OCH3 is 1. The van der Waals surface area contributed by atoms with E-state index in [1.54, 1.807) is 33.4 Å². The monoisotopic (exact) mass is 549 g/mol. The summed E-state index contributed by atoms with van der Waals surface area (Å²) in [5, 5.41) is 15.4. The Balaban J connectivity index is 1.57. The van der Waals surface area contributed by atoms with E-state index in [4.69, 9.17) is 24.0 Å². The second kappa shape index (κ2) is 10.0. The Morgan fingerprint density at radius 3 is 2.41 bits per heavy atom. The predicted molar refractivity (Wildman–Crippen MR) is 156 cm³/mol. The van der Waals surface area contributed by atoms with Crippen LogP contribution in [0.3, 0.4) is 0 Å². The van der Waals surface area contributed by atoms with E-state index in [0.29, 0.717) is 28.8 Å². The molecule has 0 fully saturated rings. The van der Waals surface area contributed by atoms with Gasteiger partial charge in [0.15, 0.2) is 0 Å². The maximum atomic E-state index is 10.4. The molecule has 2 aromatic carbocycles. The van der Waals surface area contributed by atoms with Gasteiger partial charge in [-0.05, 0) is 76.6 Å². The molecular formula is C32H31N5O4. The molecule has 0 spiro atoms. The molecule has 4 aromatic heterocycles. The van der Waals surface area contributed by atoms with Crippen molar-refractivity contribution in [2.24, 2.45) is 0 Å². The largest absolute Gasteiger partial charge is 0.496 e. The molecule has 1 atom stereocenters. The Bertz CT molecular complexity index is 1850. The summed E-state index contributed by atoms with van der Waals surface area (Å²) in [7, 11) is 1.65. The number of imidazole rings is 1. The minimum Gasteiger partial charge on any atom is -0.496 e. The maximum Gasteiger partial charge on any atom is 0.303 e. The van der Waals surface area contributed by atoms with Crippen LogP contribution in [0.15, 0.2) is 71.5 Å². The first kappa shape index (κ1) is 26.5. The van der Waals surface area contributed by atoms with Crippen LogP contribution in [0.4, 0.5) is 0 Å². The van der Waals surface area contributed by atoms with Crippen LogP contribution in [-0.4, -0.2) is 36.9 Å². The van der Waals surface area contributed by atoms with Gasteiger partial charge in [0.05, 0.1) is 52.9 Å². The fourth-order valence-corrected chi connectivity index (χ4v) is 5.24. The van der Waals surface area contributed by atoms with Crippen LogP contribution in [0.25, 0.3) is 33.1 Å². The lowest BCUT2D eigenvalue weighted by Gasteiger charge is -2.19. The average molecular weight is 550 g/mol. The maximum absolute atomic E-state index is 10.4. The van der Waals surface area contributed by atoms with Crippen LogP contribution in [0.2, 0.25) is 0 Å². The highest BCUT2D eigenvalue weighted by molar-refractivity contribution is 6.05. The number of fused-ring (bicyclic) bond motifs is 3. The van der Waals surface area contributed by atoms with E-state index in [9.17, 15) is 5.11 Å². The number of benzene rings is 2. The first-order valence-corrected chi connectivity index (χ1v) is 13.4. The number of pyridine rings is 2. The van der Waals surface area contributed by atoms with Crippen molar-refractivity contribution in [3.8, 4) is 28.6 Å². The zero-order chi connectivity index (χ0) is 28.9. The van der Waals surface area contributed by atoms with E-state index in [2.05, 4.69) is 17.1 Å². The minimum absolute atomic E-state index is 0.217. The van der Waals surface area contributed by atoms with Crippen molar-refractivity contribution in [1.29, 1.82) is 0 Å².